The Labute approximate surface area is 236 Å². The molecule has 1 unspecified atom stereocenters. The molecule has 1 amide bonds. The Bertz CT molecular complexity index is 1330. The predicted molar refractivity (Wildman–Crippen MR) is 152 cm³/mol. The first-order valence-electron chi connectivity index (χ1n) is 13.3. The molecule has 39 heavy (non-hydrogen) atoms. The molecule has 1 aliphatic rings. The Hall–Kier alpha value is -3.18. The molecule has 1 N–H and O–H groups in total. The molecule has 4 rings (SSSR count). The number of aryl methyl sites for hydroxylation is 2. The van der Waals surface area contributed by atoms with Crippen LogP contribution < -0.4 is 5.32 Å². The van der Waals surface area contributed by atoms with E-state index in [-0.39, 0.29) is 13.0 Å². The number of nitrogens with one attached hydrogen (secondary N) is 1. The van der Waals surface area contributed by atoms with Crippen molar-refractivity contribution in [2.45, 2.75) is 77.0 Å². The quantitative estimate of drug-likeness (QED) is 0.255. The first kappa shape index (κ1) is 28.8. The number of nitrogens with zero attached hydrogens (tertiary/aromatic N) is 3. The lowest BCUT2D eigenvalue weighted by molar-refractivity contribution is -0.124. The van der Waals surface area contributed by atoms with Crippen LogP contribution in [0.3, 0.4) is 0 Å². The molecule has 0 saturated carbocycles. The predicted octanol–water partition coefficient (Wildman–Crippen LogP) is 5.77. The zero-order chi connectivity index (χ0) is 27.9. The topological polar surface area (TPSA) is 112 Å². The van der Waals surface area contributed by atoms with Gasteiger partial charge in [0.1, 0.15) is 10.8 Å². The van der Waals surface area contributed by atoms with Crippen molar-refractivity contribution in [3.8, 4) is 5.69 Å². The van der Waals surface area contributed by atoms with Gasteiger partial charge in [-0.3, -0.25) is 9.36 Å². The minimum absolute atomic E-state index is 0.250. The fourth-order valence-corrected chi connectivity index (χ4v) is 6.48. The van der Waals surface area contributed by atoms with E-state index in [1.54, 1.807) is 38.1 Å². The molecule has 0 radical (unpaired) electrons. The maximum atomic E-state index is 13.3. The van der Waals surface area contributed by atoms with Gasteiger partial charge in [-0.2, -0.15) is 0 Å². The summed E-state index contributed by atoms with van der Waals surface area (Å²) in [4.78, 5) is 40.2. The summed E-state index contributed by atoms with van der Waals surface area (Å²) in [6, 6.07) is 6.90. The fraction of sp³-hybridized carbons (Fsp3) is 0.464. The molecular formula is C28H34N4O5S2. The summed E-state index contributed by atoms with van der Waals surface area (Å²) in [6.07, 6.45) is 7.16. The third-order valence-electron chi connectivity index (χ3n) is 6.64. The highest BCUT2D eigenvalue weighted by molar-refractivity contribution is 7.98. The number of hydrogen-bond donors (Lipinski definition) is 1. The molecule has 0 spiro atoms. The number of anilines is 1. The molecule has 9 nitrogen and oxygen atoms in total. The highest BCUT2D eigenvalue weighted by atomic mass is 32.2. The number of ether oxygens (including phenoxy) is 2. The van der Waals surface area contributed by atoms with Crippen molar-refractivity contribution in [1.82, 2.24) is 14.8 Å². The number of fused-ring (bicyclic) bond motifs is 1. The van der Waals surface area contributed by atoms with Crippen molar-refractivity contribution in [3.05, 3.63) is 51.7 Å². The van der Waals surface area contributed by atoms with Gasteiger partial charge in [0.25, 0.3) is 5.91 Å². The molecule has 2 aromatic heterocycles. The second-order valence-corrected chi connectivity index (χ2v) is 11.1. The van der Waals surface area contributed by atoms with Crippen LogP contribution in [0.4, 0.5) is 5.00 Å². The molecule has 2 heterocycles. The Balaban J connectivity index is 1.50. The normalized spacial score (nSPS) is 14.1. The summed E-state index contributed by atoms with van der Waals surface area (Å²) in [6.45, 7) is 5.65. The van der Waals surface area contributed by atoms with Crippen LogP contribution in [0.2, 0.25) is 0 Å². The molecule has 11 heteroatoms. The van der Waals surface area contributed by atoms with E-state index in [1.165, 1.54) is 23.1 Å². The van der Waals surface area contributed by atoms with Crippen LogP contribution in [-0.2, 0) is 27.1 Å². The fourth-order valence-electron chi connectivity index (χ4n) is 4.66. The third-order valence-corrected chi connectivity index (χ3v) is 8.48. The zero-order valence-electron chi connectivity index (χ0n) is 22.7. The molecule has 1 aliphatic carbocycles. The van der Waals surface area contributed by atoms with E-state index in [0.717, 1.165) is 65.6 Å². The molecule has 0 fully saturated rings. The van der Waals surface area contributed by atoms with E-state index in [1.807, 2.05) is 17.7 Å². The smallest absolute Gasteiger partial charge is 0.341 e. The van der Waals surface area contributed by atoms with E-state index in [0.29, 0.717) is 16.1 Å². The van der Waals surface area contributed by atoms with E-state index in [2.05, 4.69) is 15.5 Å². The van der Waals surface area contributed by atoms with Crippen molar-refractivity contribution in [3.63, 3.8) is 0 Å². The van der Waals surface area contributed by atoms with Crippen LogP contribution in [0.15, 0.2) is 29.4 Å². The van der Waals surface area contributed by atoms with Gasteiger partial charge >= 0.3 is 11.9 Å². The van der Waals surface area contributed by atoms with E-state index in [4.69, 9.17) is 9.47 Å². The summed E-state index contributed by atoms with van der Waals surface area (Å²) in [5.41, 5.74) is 2.57. The maximum Gasteiger partial charge on any atom is 0.341 e. The number of rotatable bonds is 9. The van der Waals surface area contributed by atoms with Gasteiger partial charge in [-0.1, -0.05) is 31.5 Å². The second-order valence-electron chi connectivity index (χ2n) is 9.25. The summed E-state index contributed by atoms with van der Waals surface area (Å²) in [5, 5.41) is 12.4. The Kier molecular flexibility index (Phi) is 9.79. The average molecular weight is 571 g/mol. The first-order valence-corrected chi connectivity index (χ1v) is 15.3. The number of thioether (sulfide) groups is 1. The van der Waals surface area contributed by atoms with Gasteiger partial charge in [0.05, 0.1) is 17.7 Å². The van der Waals surface area contributed by atoms with Gasteiger partial charge in [-0.15, -0.1) is 21.5 Å². The number of carbonyl (C=O) groups excluding carboxylic acids is 3. The highest BCUT2D eigenvalue weighted by Gasteiger charge is 2.29. The van der Waals surface area contributed by atoms with Gasteiger partial charge in [0.2, 0.25) is 0 Å². The molecule has 1 atom stereocenters. The van der Waals surface area contributed by atoms with Crippen LogP contribution in [0.5, 0.6) is 0 Å². The maximum absolute atomic E-state index is 13.3. The van der Waals surface area contributed by atoms with E-state index < -0.39 is 23.9 Å². The van der Waals surface area contributed by atoms with Gasteiger partial charge < -0.3 is 14.8 Å². The van der Waals surface area contributed by atoms with Crippen LogP contribution in [-0.4, -0.2) is 51.6 Å². The van der Waals surface area contributed by atoms with Crippen molar-refractivity contribution < 1.29 is 23.9 Å². The number of thiophene rings is 1. The van der Waals surface area contributed by atoms with Gasteiger partial charge in [-0.05, 0) is 82.0 Å². The Morgan fingerprint density at radius 3 is 2.44 bits per heavy atom. The average Bonchev–Trinajstić information content (AvgIpc) is 3.46. The first-order chi connectivity index (χ1) is 18.9. The van der Waals surface area contributed by atoms with Crippen molar-refractivity contribution in [1.29, 1.82) is 0 Å². The van der Waals surface area contributed by atoms with Crippen molar-refractivity contribution in [2.24, 2.45) is 0 Å². The molecular weight excluding hydrogens is 536 g/mol. The number of esters is 2. The van der Waals surface area contributed by atoms with Crippen LogP contribution in [0.25, 0.3) is 5.69 Å². The van der Waals surface area contributed by atoms with Crippen molar-refractivity contribution >= 4 is 45.9 Å². The minimum atomic E-state index is -1.01. The second kappa shape index (κ2) is 13.3. The van der Waals surface area contributed by atoms with Crippen molar-refractivity contribution in [2.75, 3.05) is 18.2 Å². The number of aromatic nitrogens is 3. The van der Waals surface area contributed by atoms with Gasteiger partial charge in [-0.25, -0.2) is 9.59 Å². The summed E-state index contributed by atoms with van der Waals surface area (Å²) >= 11 is 2.90. The Morgan fingerprint density at radius 2 is 1.77 bits per heavy atom. The number of hydrogen-bond acceptors (Lipinski definition) is 9. The minimum Gasteiger partial charge on any atom is -0.462 e. The van der Waals surface area contributed by atoms with Crippen LogP contribution in [0, 0.1) is 6.92 Å². The third kappa shape index (κ3) is 6.52. The van der Waals surface area contributed by atoms with E-state index >= 15 is 0 Å². The van der Waals surface area contributed by atoms with E-state index in [9.17, 15) is 14.4 Å². The molecule has 0 aliphatic heterocycles. The van der Waals surface area contributed by atoms with Gasteiger partial charge in [0.15, 0.2) is 11.3 Å². The number of amides is 1. The molecule has 0 saturated heterocycles. The summed E-state index contributed by atoms with van der Waals surface area (Å²) in [5.74, 6) is -0.754. The number of carbonyl (C=O) groups is 3. The van der Waals surface area contributed by atoms with Crippen LogP contribution >= 0.6 is 23.1 Å². The monoisotopic (exact) mass is 570 g/mol. The standard InChI is InChI=1S/C28H34N4O5S2/c1-5-21(37-26(34)18-13-15-19(16-14-18)32-17(3)30-31-28(32)38-4)24(33)29-25-23(27(35)36-6-2)20-11-9-7-8-10-12-22(20)39-25/h13-16,21H,5-12H2,1-4H3,(H,29,33). The number of benzene rings is 1. The van der Waals surface area contributed by atoms with Gasteiger partial charge in [0, 0.05) is 10.6 Å². The molecule has 1 aromatic carbocycles. The molecule has 0 bridgehead atoms. The summed E-state index contributed by atoms with van der Waals surface area (Å²) in [7, 11) is 0. The summed E-state index contributed by atoms with van der Waals surface area (Å²) < 4.78 is 12.8. The highest BCUT2D eigenvalue weighted by Crippen LogP contribution is 2.38. The zero-order valence-corrected chi connectivity index (χ0v) is 24.4. The van der Waals surface area contributed by atoms with Crippen LogP contribution in [0.1, 0.15) is 82.9 Å². The lowest BCUT2D eigenvalue weighted by Gasteiger charge is -2.16. The SMILES string of the molecule is CCOC(=O)c1c(NC(=O)C(CC)OC(=O)c2ccc(-n3c(C)nnc3SC)cc2)sc2c1CCCCCC2. The lowest BCUT2D eigenvalue weighted by atomic mass is 9.96. The Morgan fingerprint density at radius 1 is 1.05 bits per heavy atom. The molecule has 3 aromatic rings. The largest absolute Gasteiger partial charge is 0.462 e. The lowest BCUT2D eigenvalue weighted by Crippen LogP contribution is -2.32. The molecule has 208 valence electrons.